The number of hydrogen-bond acceptors (Lipinski definition) is 2. The Morgan fingerprint density at radius 2 is 1.70 bits per heavy atom. The maximum absolute atomic E-state index is 9.68. The quantitative estimate of drug-likeness (QED) is 0.446. The Balaban J connectivity index is 0. The molecule has 0 bridgehead atoms. The number of rotatable bonds is 4. The summed E-state index contributed by atoms with van der Waals surface area (Å²) in [6.45, 7) is 3.57. The molecule has 0 aromatic carbocycles. The molecule has 0 aliphatic heterocycles. The fourth-order valence-electron chi connectivity index (χ4n) is 0.478. The summed E-state index contributed by atoms with van der Waals surface area (Å²) < 4.78 is 0. The molecule has 10 heavy (non-hydrogen) atoms. The minimum Gasteiger partial charge on any atom is -0.304 e. The molecule has 0 heterocycles. The van der Waals surface area contributed by atoms with Crippen molar-refractivity contribution in [2.75, 3.05) is 0 Å². The van der Waals surface area contributed by atoms with Crippen molar-refractivity contribution in [3.8, 4) is 0 Å². The highest BCUT2D eigenvalue weighted by Crippen LogP contribution is 1.94. The van der Waals surface area contributed by atoms with Gasteiger partial charge in [0.25, 0.3) is 0 Å². The van der Waals surface area contributed by atoms with Gasteiger partial charge in [-0.05, 0) is 13.3 Å². The summed E-state index contributed by atoms with van der Waals surface area (Å²) in [5.74, 6) is 0. The lowest BCUT2D eigenvalue weighted by atomic mass is 10.2. The van der Waals surface area contributed by atoms with Crippen LogP contribution in [0.3, 0.4) is 0 Å². The van der Waals surface area contributed by atoms with Gasteiger partial charge in [-0.1, -0.05) is 19.8 Å². The topological polar surface area (TPSA) is 34.1 Å². The Morgan fingerprint density at radius 3 is 2.00 bits per heavy atom. The fourth-order valence-corrected chi connectivity index (χ4v) is 0.478. The lowest BCUT2D eigenvalue weighted by Crippen LogP contribution is -1.73. The van der Waals surface area contributed by atoms with Gasteiger partial charge in [0.1, 0.15) is 12.6 Å². The van der Waals surface area contributed by atoms with Crippen LogP contribution in [0.5, 0.6) is 0 Å². The summed E-state index contributed by atoms with van der Waals surface area (Å²) in [4.78, 5) is 18.5. The highest BCUT2D eigenvalue weighted by atomic mass is 16.1. The molecule has 0 radical (unpaired) electrons. The lowest BCUT2D eigenvalue weighted by molar-refractivity contribution is -0.108. The van der Waals surface area contributed by atoms with Gasteiger partial charge in [0.05, 0.1) is 0 Å². The third-order valence-corrected chi connectivity index (χ3v) is 0.926. The average Bonchev–Trinajstić information content (AvgIpc) is 1.91. The third-order valence-electron chi connectivity index (χ3n) is 0.926. The van der Waals surface area contributed by atoms with Gasteiger partial charge in [-0.3, -0.25) is 0 Å². The SMILES string of the molecule is CC=O.CCCCCC=O. The molecule has 0 aliphatic rings. The van der Waals surface area contributed by atoms with E-state index in [0.717, 1.165) is 25.4 Å². The van der Waals surface area contributed by atoms with E-state index >= 15 is 0 Å². The highest BCUT2D eigenvalue weighted by Gasteiger charge is 1.80. The van der Waals surface area contributed by atoms with Gasteiger partial charge in [0, 0.05) is 6.42 Å². The number of hydrogen-bond donors (Lipinski definition) is 0. The first-order valence-corrected chi connectivity index (χ1v) is 3.66. The van der Waals surface area contributed by atoms with Crippen LogP contribution < -0.4 is 0 Å². The van der Waals surface area contributed by atoms with E-state index in [9.17, 15) is 4.79 Å². The van der Waals surface area contributed by atoms with Crippen LogP contribution in [-0.2, 0) is 9.59 Å². The van der Waals surface area contributed by atoms with Crippen LogP contribution in [-0.4, -0.2) is 12.6 Å². The molecule has 0 aromatic heterocycles. The minimum absolute atomic E-state index is 0.744. The summed E-state index contributed by atoms with van der Waals surface area (Å²) in [7, 11) is 0. The largest absolute Gasteiger partial charge is 0.304 e. The number of carbonyl (C=O) groups is 2. The summed E-state index contributed by atoms with van der Waals surface area (Å²) in [5.41, 5.74) is 0. The van der Waals surface area contributed by atoms with Crippen molar-refractivity contribution < 1.29 is 9.59 Å². The fraction of sp³-hybridized carbons (Fsp3) is 0.750. The molecule has 0 saturated heterocycles. The van der Waals surface area contributed by atoms with Crippen LogP contribution in [0, 0.1) is 0 Å². The Kier molecular flexibility index (Phi) is 19.0. The second-order valence-corrected chi connectivity index (χ2v) is 1.90. The minimum atomic E-state index is 0.744. The molecule has 0 amide bonds. The maximum atomic E-state index is 9.68. The normalized spacial score (nSPS) is 7.40. The molecule has 2 heteroatoms. The van der Waals surface area contributed by atoms with Gasteiger partial charge in [-0.2, -0.15) is 0 Å². The van der Waals surface area contributed by atoms with E-state index in [2.05, 4.69) is 6.92 Å². The van der Waals surface area contributed by atoms with E-state index in [4.69, 9.17) is 4.79 Å². The lowest BCUT2D eigenvalue weighted by Gasteiger charge is -1.85. The first kappa shape index (κ1) is 12.1. The standard InChI is InChI=1S/C6H12O.C2H4O/c1-2-3-4-5-6-7;1-2-3/h6H,2-5H2,1H3;2H,1H3. The van der Waals surface area contributed by atoms with Crippen LogP contribution in [0.1, 0.15) is 39.5 Å². The molecule has 0 unspecified atom stereocenters. The molecular weight excluding hydrogens is 128 g/mol. The molecule has 0 rings (SSSR count). The summed E-state index contributed by atoms with van der Waals surface area (Å²) in [5, 5.41) is 0. The number of unbranched alkanes of at least 4 members (excludes halogenated alkanes) is 3. The molecule has 0 fully saturated rings. The average molecular weight is 144 g/mol. The first-order valence-electron chi connectivity index (χ1n) is 3.66. The van der Waals surface area contributed by atoms with Crippen LogP contribution in [0.4, 0.5) is 0 Å². The van der Waals surface area contributed by atoms with Crippen molar-refractivity contribution in [3.05, 3.63) is 0 Å². The van der Waals surface area contributed by atoms with Gasteiger partial charge >= 0.3 is 0 Å². The Morgan fingerprint density at radius 1 is 1.20 bits per heavy atom. The van der Waals surface area contributed by atoms with E-state index in [1.54, 1.807) is 0 Å². The van der Waals surface area contributed by atoms with Crippen LogP contribution in [0.2, 0.25) is 0 Å². The smallest absolute Gasteiger partial charge is 0.119 e. The van der Waals surface area contributed by atoms with Crippen molar-refractivity contribution >= 4 is 12.6 Å². The van der Waals surface area contributed by atoms with Gasteiger partial charge in [0.15, 0.2) is 0 Å². The van der Waals surface area contributed by atoms with Crippen molar-refractivity contribution in [2.45, 2.75) is 39.5 Å². The molecule has 0 atom stereocenters. The van der Waals surface area contributed by atoms with Gasteiger partial charge in [-0.25, -0.2) is 0 Å². The number of carbonyl (C=O) groups excluding carboxylic acids is 2. The predicted molar refractivity (Wildman–Crippen MR) is 41.9 cm³/mol. The van der Waals surface area contributed by atoms with Gasteiger partial charge < -0.3 is 9.59 Å². The Bertz CT molecular complexity index is 69.7. The summed E-state index contributed by atoms with van der Waals surface area (Å²) in [6.07, 6.45) is 5.94. The van der Waals surface area contributed by atoms with E-state index in [0.29, 0.717) is 0 Å². The molecule has 0 spiro atoms. The zero-order valence-corrected chi connectivity index (χ0v) is 6.80. The van der Waals surface area contributed by atoms with Crippen molar-refractivity contribution in [2.24, 2.45) is 0 Å². The summed E-state index contributed by atoms with van der Waals surface area (Å²) >= 11 is 0. The molecule has 0 aliphatic carbocycles. The van der Waals surface area contributed by atoms with Crippen molar-refractivity contribution in [1.29, 1.82) is 0 Å². The molecule has 0 aromatic rings. The van der Waals surface area contributed by atoms with Gasteiger partial charge in [0.2, 0.25) is 0 Å². The zero-order chi connectivity index (χ0) is 8.24. The molecule has 60 valence electrons. The zero-order valence-electron chi connectivity index (χ0n) is 6.80. The van der Waals surface area contributed by atoms with E-state index in [-0.39, 0.29) is 0 Å². The van der Waals surface area contributed by atoms with E-state index in [1.807, 2.05) is 0 Å². The van der Waals surface area contributed by atoms with E-state index < -0.39 is 0 Å². The molecule has 0 N–H and O–H groups in total. The summed E-state index contributed by atoms with van der Waals surface area (Å²) in [6, 6.07) is 0. The molecular formula is C8H16O2. The van der Waals surface area contributed by atoms with Crippen LogP contribution in [0.15, 0.2) is 0 Å². The monoisotopic (exact) mass is 144 g/mol. The van der Waals surface area contributed by atoms with Crippen LogP contribution >= 0.6 is 0 Å². The van der Waals surface area contributed by atoms with Gasteiger partial charge in [-0.15, -0.1) is 0 Å². The highest BCUT2D eigenvalue weighted by molar-refractivity contribution is 5.48. The Labute approximate surface area is 62.6 Å². The second-order valence-electron chi connectivity index (χ2n) is 1.90. The van der Waals surface area contributed by atoms with Crippen LogP contribution in [0.25, 0.3) is 0 Å². The van der Waals surface area contributed by atoms with Crippen molar-refractivity contribution in [1.82, 2.24) is 0 Å². The van der Waals surface area contributed by atoms with Crippen molar-refractivity contribution in [3.63, 3.8) is 0 Å². The Hall–Kier alpha value is -0.660. The third kappa shape index (κ3) is 26.4. The predicted octanol–water partition coefficient (Wildman–Crippen LogP) is 1.97. The second kappa shape index (κ2) is 15.8. The number of aldehydes is 2. The maximum Gasteiger partial charge on any atom is 0.119 e. The first-order chi connectivity index (χ1) is 4.83. The molecule has 0 saturated carbocycles. The van der Waals surface area contributed by atoms with E-state index in [1.165, 1.54) is 19.8 Å². The molecule has 2 nitrogen and oxygen atoms in total.